The summed E-state index contributed by atoms with van der Waals surface area (Å²) in [5.74, 6) is 3.32. The Balaban J connectivity index is 1.45. The first-order valence-corrected chi connectivity index (χ1v) is 12.3. The Hall–Kier alpha value is -4.16. The second-order valence-corrected chi connectivity index (χ2v) is 10.3. The molecule has 2 aliphatic heterocycles. The summed E-state index contributed by atoms with van der Waals surface area (Å²) in [5.41, 5.74) is 8.78. The van der Waals surface area contributed by atoms with Crippen LogP contribution in [-0.4, -0.2) is 18.0 Å². The maximum absolute atomic E-state index is 5.85. The van der Waals surface area contributed by atoms with Crippen LogP contribution in [0.1, 0.15) is 49.9 Å². The molecule has 0 aliphatic carbocycles. The third-order valence-electron chi connectivity index (χ3n) is 7.21. The molecule has 0 atom stereocenters. The van der Waals surface area contributed by atoms with Gasteiger partial charge in [0.05, 0.1) is 16.8 Å². The van der Waals surface area contributed by atoms with Crippen molar-refractivity contribution in [2.75, 3.05) is 6.61 Å². The van der Waals surface area contributed by atoms with E-state index in [0.29, 0.717) is 0 Å². The van der Waals surface area contributed by atoms with Crippen LogP contribution >= 0.6 is 0 Å². The Morgan fingerprint density at radius 2 is 1.61 bits per heavy atom. The lowest BCUT2D eigenvalue weighted by Gasteiger charge is -2.20. The normalized spacial score (nSPS) is 17.0. The summed E-state index contributed by atoms with van der Waals surface area (Å²) in [6.07, 6.45) is 14.0. The molecular formula is C33H31N2O+. The number of nitrogens with one attached hydrogen (secondary N) is 1. The van der Waals surface area contributed by atoms with Crippen molar-refractivity contribution in [1.82, 2.24) is 0 Å². The number of hydrogen-bond donors (Lipinski definition) is 1. The topological polar surface area (TPSA) is 35.6 Å². The number of ether oxygens (including phenoxy) is 1. The molecule has 178 valence electrons. The highest BCUT2D eigenvalue weighted by Crippen LogP contribution is 2.40. The van der Waals surface area contributed by atoms with Crippen LogP contribution in [0.3, 0.4) is 0 Å². The van der Waals surface area contributed by atoms with Gasteiger partial charge in [-0.25, -0.2) is 4.99 Å². The molecule has 0 amide bonds. The second-order valence-electron chi connectivity index (χ2n) is 10.3. The fourth-order valence-electron chi connectivity index (χ4n) is 4.99. The van der Waals surface area contributed by atoms with Crippen LogP contribution in [0, 0.1) is 12.3 Å². The average molecular weight is 472 g/mol. The zero-order chi connectivity index (χ0) is 25.3. The van der Waals surface area contributed by atoms with E-state index in [9.17, 15) is 0 Å². The van der Waals surface area contributed by atoms with Gasteiger partial charge in [-0.15, -0.1) is 6.42 Å². The van der Waals surface area contributed by atoms with Gasteiger partial charge in [0.1, 0.15) is 12.4 Å². The van der Waals surface area contributed by atoms with E-state index < -0.39 is 0 Å². The number of hydrogen-bond acceptors (Lipinski definition) is 2. The third kappa shape index (κ3) is 4.20. The lowest BCUT2D eigenvalue weighted by atomic mass is 9.81. The minimum absolute atomic E-state index is 0.0765. The van der Waals surface area contributed by atoms with Crippen LogP contribution in [0.15, 0.2) is 83.9 Å². The molecule has 1 N–H and O–H groups in total. The number of rotatable bonds is 6. The van der Waals surface area contributed by atoms with E-state index in [2.05, 4.69) is 118 Å². The molecule has 0 saturated heterocycles. The molecule has 0 bridgehead atoms. The van der Waals surface area contributed by atoms with Crippen LogP contribution in [-0.2, 0) is 10.8 Å². The fourth-order valence-corrected chi connectivity index (χ4v) is 4.99. The predicted molar refractivity (Wildman–Crippen MR) is 150 cm³/mol. The van der Waals surface area contributed by atoms with Gasteiger partial charge in [0.15, 0.2) is 5.71 Å². The summed E-state index contributed by atoms with van der Waals surface area (Å²) < 4.78 is 5.85. The summed E-state index contributed by atoms with van der Waals surface area (Å²) in [6.45, 7) is 9.14. The van der Waals surface area contributed by atoms with Gasteiger partial charge in [-0.3, -0.25) is 4.99 Å². The smallest absolute Gasteiger partial charge is 0.208 e. The van der Waals surface area contributed by atoms with Crippen LogP contribution in [0.2, 0.25) is 0 Å². The molecule has 2 heterocycles. The standard InChI is InChI=1S/C33H30N2O/c1-6-21-36-29-18-15-23(16-19-30-32(2,3)25-11-7-9-13-27(25)34-30)22-24(29)17-20-31-33(4,5)26-12-8-10-14-28(26)35-31/h1,7-20,22H,21H2,2-5H3/p+1/b19-16+,20-17+. The minimum atomic E-state index is -0.157. The summed E-state index contributed by atoms with van der Waals surface area (Å²) in [5, 5.41) is 0. The van der Waals surface area contributed by atoms with E-state index in [4.69, 9.17) is 16.2 Å². The lowest BCUT2D eigenvalue weighted by molar-refractivity contribution is -0.349. The van der Waals surface area contributed by atoms with Crippen LogP contribution in [0.25, 0.3) is 12.2 Å². The molecule has 0 saturated carbocycles. The molecule has 0 fully saturated rings. The quantitative estimate of drug-likeness (QED) is 0.444. The van der Waals surface area contributed by atoms with E-state index in [1.807, 2.05) is 12.1 Å². The predicted octanol–water partition coefficient (Wildman–Crippen LogP) is 5.93. The zero-order valence-corrected chi connectivity index (χ0v) is 21.3. The number of fused-ring (bicyclic) bond motifs is 2. The van der Waals surface area contributed by atoms with E-state index in [1.54, 1.807) is 0 Å². The molecule has 5 rings (SSSR count). The minimum Gasteiger partial charge on any atom is -0.480 e. The van der Waals surface area contributed by atoms with Crippen molar-refractivity contribution in [2.24, 2.45) is 4.99 Å². The molecule has 0 aromatic heterocycles. The van der Waals surface area contributed by atoms with Crippen molar-refractivity contribution in [3.8, 4) is 18.1 Å². The van der Waals surface area contributed by atoms with E-state index in [-0.39, 0.29) is 17.4 Å². The van der Waals surface area contributed by atoms with Crippen molar-refractivity contribution >= 4 is 35.0 Å². The first-order valence-electron chi connectivity index (χ1n) is 12.3. The SMILES string of the molecule is C#CCOc1ccc(/C=C/C2=[NH+]c3ccccc3C2(C)C)cc1/C=C/C1=Nc2ccccc2C1(C)C. The molecule has 3 nitrogen and oxygen atoms in total. The Morgan fingerprint density at radius 1 is 0.861 bits per heavy atom. The van der Waals surface area contributed by atoms with Gasteiger partial charge >= 0.3 is 0 Å². The molecule has 36 heavy (non-hydrogen) atoms. The summed E-state index contributed by atoms with van der Waals surface area (Å²) in [4.78, 5) is 8.47. The van der Waals surface area contributed by atoms with Crippen molar-refractivity contribution in [3.63, 3.8) is 0 Å². The van der Waals surface area contributed by atoms with Gasteiger partial charge in [0.25, 0.3) is 0 Å². The lowest BCUT2D eigenvalue weighted by Crippen LogP contribution is -2.65. The van der Waals surface area contributed by atoms with Crippen molar-refractivity contribution in [3.05, 3.63) is 101 Å². The van der Waals surface area contributed by atoms with Crippen molar-refractivity contribution < 1.29 is 9.73 Å². The van der Waals surface area contributed by atoms with Gasteiger partial charge in [-0.2, -0.15) is 0 Å². The number of terminal acetylenes is 1. The molecule has 0 unspecified atom stereocenters. The van der Waals surface area contributed by atoms with Crippen LogP contribution in [0.4, 0.5) is 11.4 Å². The molecule has 3 aromatic rings. The molecule has 3 aromatic carbocycles. The molecule has 3 heteroatoms. The second kappa shape index (κ2) is 9.13. The monoisotopic (exact) mass is 471 g/mol. The number of allylic oxidation sites excluding steroid dienone is 2. The Labute approximate surface area is 214 Å². The Morgan fingerprint density at radius 3 is 2.36 bits per heavy atom. The number of nitrogens with zero attached hydrogens (tertiary/aromatic N) is 1. The third-order valence-corrected chi connectivity index (χ3v) is 7.21. The number of aliphatic imine (C=N–C) groups is 1. The van der Waals surface area contributed by atoms with Gasteiger partial charge in [0, 0.05) is 28.7 Å². The van der Waals surface area contributed by atoms with Crippen molar-refractivity contribution in [2.45, 2.75) is 38.5 Å². The van der Waals surface area contributed by atoms with Gasteiger partial charge in [-0.1, -0.05) is 62.2 Å². The van der Waals surface area contributed by atoms with E-state index in [1.165, 1.54) is 22.5 Å². The van der Waals surface area contributed by atoms with E-state index in [0.717, 1.165) is 28.3 Å². The Kier molecular flexibility index (Phi) is 5.98. The largest absolute Gasteiger partial charge is 0.480 e. The van der Waals surface area contributed by atoms with Crippen LogP contribution < -0.4 is 9.73 Å². The molecule has 0 spiro atoms. The molecule has 2 aliphatic rings. The first-order chi connectivity index (χ1) is 17.3. The van der Waals surface area contributed by atoms with Crippen LogP contribution in [0.5, 0.6) is 5.75 Å². The maximum Gasteiger partial charge on any atom is 0.208 e. The fraction of sp³-hybridized carbons (Fsp3) is 0.212. The summed E-state index contributed by atoms with van der Waals surface area (Å²) >= 11 is 0. The summed E-state index contributed by atoms with van der Waals surface area (Å²) in [6, 6.07) is 23.0. The number of para-hydroxylation sites is 2. The zero-order valence-electron chi connectivity index (χ0n) is 21.3. The number of benzene rings is 3. The molecular weight excluding hydrogens is 440 g/mol. The first kappa shape index (κ1) is 23.6. The molecule has 0 radical (unpaired) electrons. The van der Waals surface area contributed by atoms with E-state index >= 15 is 0 Å². The highest BCUT2D eigenvalue weighted by molar-refractivity contribution is 6.10. The highest BCUT2D eigenvalue weighted by atomic mass is 16.5. The average Bonchev–Trinajstić information content (AvgIpc) is 3.29. The van der Waals surface area contributed by atoms with Gasteiger partial charge in [0.2, 0.25) is 5.69 Å². The highest BCUT2D eigenvalue weighted by Gasteiger charge is 2.39. The Bertz CT molecular complexity index is 1490. The maximum atomic E-state index is 5.85. The van der Waals surface area contributed by atoms with Crippen molar-refractivity contribution in [1.29, 1.82) is 0 Å². The van der Waals surface area contributed by atoms with Gasteiger partial charge in [-0.05, 0) is 61.4 Å². The van der Waals surface area contributed by atoms with Gasteiger partial charge < -0.3 is 4.74 Å². The summed E-state index contributed by atoms with van der Waals surface area (Å²) in [7, 11) is 0.